The summed E-state index contributed by atoms with van der Waals surface area (Å²) in [6.45, 7) is 3.06. The van der Waals surface area contributed by atoms with Crippen LogP contribution in [0.4, 0.5) is 0 Å². The molecule has 0 unspecified atom stereocenters. The molecule has 1 nitrogen and oxygen atoms in total. The number of hydrogen-bond acceptors (Lipinski definition) is 1. The van der Waals surface area contributed by atoms with E-state index in [0.29, 0.717) is 0 Å². The SMILES string of the molecule is C=C[C-]=O.[Cr].[Ni].[Pd]. The minimum Gasteiger partial charge on any atom is -0.419 e. The maximum absolute atomic E-state index is 8.93. The molecule has 0 aromatic rings. The van der Waals surface area contributed by atoms with Crippen molar-refractivity contribution in [3.63, 3.8) is 0 Å². The van der Waals surface area contributed by atoms with Crippen molar-refractivity contribution in [3.05, 3.63) is 12.7 Å². The van der Waals surface area contributed by atoms with E-state index in [1.54, 1.807) is 0 Å². The molecule has 0 aliphatic carbocycles. The molecule has 0 atom stereocenters. The Hall–Kier alpha value is 1.10. The summed E-state index contributed by atoms with van der Waals surface area (Å²) in [5.41, 5.74) is 0. The smallest absolute Gasteiger partial charge is 0 e. The van der Waals surface area contributed by atoms with Gasteiger partial charge in [-0.15, -0.1) is 0 Å². The van der Waals surface area contributed by atoms with Gasteiger partial charge in [0.05, 0.1) is 0 Å². The van der Waals surface area contributed by atoms with Crippen molar-refractivity contribution < 1.29 is 59.1 Å². The Balaban J connectivity index is -0.0000000150. The van der Waals surface area contributed by atoms with Crippen molar-refractivity contribution in [2.45, 2.75) is 0 Å². The van der Waals surface area contributed by atoms with Crippen LogP contribution in [0.1, 0.15) is 0 Å². The minimum atomic E-state index is 0. The second-order valence-electron chi connectivity index (χ2n) is 0.322. The van der Waals surface area contributed by atoms with Crippen LogP contribution in [0.25, 0.3) is 0 Å². The van der Waals surface area contributed by atoms with Gasteiger partial charge in [0.15, 0.2) is 0 Å². The zero-order valence-corrected chi connectivity index (χ0v) is 7.05. The number of allylic oxidation sites excluding steroid dienone is 1. The van der Waals surface area contributed by atoms with Crippen molar-refractivity contribution in [1.29, 1.82) is 0 Å². The summed E-state index contributed by atoms with van der Waals surface area (Å²) in [4.78, 5) is 8.93. The first-order valence-electron chi connectivity index (χ1n) is 0.901. The molecule has 0 aromatic carbocycles. The van der Waals surface area contributed by atoms with Gasteiger partial charge in [-0.05, 0) is 6.29 Å². The average molecular weight is 272 g/mol. The Bertz CT molecular complexity index is 35.9. The van der Waals surface area contributed by atoms with Crippen molar-refractivity contribution >= 4 is 6.29 Å². The van der Waals surface area contributed by atoms with E-state index in [9.17, 15) is 0 Å². The molecule has 0 N–H and O–H groups in total. The molecule has 7 heavy (non-hydrogen) atoms. The zero-order chi connectivity index (χ0) is 3.41. The second kappa shape index (κ2) is 27.5. The fourth-order valence-corrected chi connectivity index (χ4v) is 0. The van der Waals surface area contributed by atoms with Gasteiger partial charge in [0.1, 0.15) is 0 Å². The molecule has 0 aliphatic rings. The third-order valence-corrected chi connectivity index (χ3v) is 0.0833. The maximum Gasteiger partial charge on any atom is 0 e. The van der Waals surface area contributed by atoms with Crippen molar-refractivity contribution in [2.75, 3.05) is 0 Å². The number of carbonyl (C=O) groups excluding carboxylic acids is 1. The van der Waals surface area contributed by atoms with Gasteiger partial charge >= 0.3 is 0 Å². The fourth-order valence-electron chi connectivity index (χ4n) is 0. The summed E-state index contributed by atoms with van der Waals surface area (Å²) in [7, 11) is 0. The van der Waals surface area contributed by atoms with Gasteiger partial charge in [-0.2, -0.15) is 0 Å². The first kappa shape index (κ1) is 24.3. The molecule has 0 bridgehead atoms. The summed E-state index contributed by atoms with van der Waals surface area (Å²) in [5, 5.41) is 0. The van der Waals surface area contributed by atoms with Gasteiger partial charge in [-0.25, -0.2) is 12.7 Å². The van der Waals surface area contributed by atoms with Crippen LogP contribution in [0, 0.1) is 0 Å². The first-order valence-corrected chi connectivity index (χ1v) is 0.901. The zero-order valence-electron chi connectivity index (χ0n) is 3.23. The van der Waals surface area contributed by atoms with E-state index in [-0.39, 0.29) is 54.3 Å². The van der Waals surface area contributed by atoms with Gasteiger partial charge in [-0.1, -0.05) is 0 Å². The van der Waals surface area contributed by atoms with Crippen LogP contribution in [0.5, 0.6) is 0 Å². The molecule has 0 rings (SSSR count). The molecular formula is C3H3CrNiOPd-. The quantitative estimate of drug-likeness (QED) is 0.380. The molecule has 0 aromatic heterocycles. The molecule has 0 saturated heterocycles. The summed E-state index contributed by atoms with van der Waals surface area (Å²) in [6.07, 6.45) is 2.51. The minimum absolute atomic E-state index is 0. The maximum atomic E-state index is 8.93. The Morgan fingerprint density at radius 3 is 1.71 bits per heavy atom. The van der Waals surface area contributed by atoms with E-state index in [1.807, 2.05) is 0 Å². The summed E-state index contributed by atoms with van der Waals surface area (Å²) in [6, 6.07) is 0. The topological polar surface area (TPSA) is 17.1 Å². The van der Waals surface area contributed by atoms with Gasteiger partial charge in [-0.3, -0.25) is 0 Å². The van der Waals surface area contributed by atoms with Gasteiger partial charge < -0.3 is 4.79 Å². The van der Waals surface area contributed by atoms with Crippen LogP contribution in [0.2, 0.25) is 0 Å². The molecule has 0 heterocycles. The molecule has 0 saturated carbocycles. The molecule has 0 amide bonds. The standard InChI is InChI=1S/C3H3O.Cr.Ni.Pd/c1-2-3-4;;;/h2H,1H2;;;/q-1;;;. The monoisotopic (exact) mass is 271 g/mol. The van der Waals surface area contributed by atoms with Gasteiger partial charge in [0, 0.05) is 54.3 Å². The van der Waals surface area contributed by atoms with E-state index in [2.05, 4.69) is 6.58 Å². The van der Waals surface area contributed by atoms with E-state index >= 15 is 0 Å². The van der Waals surface area contributed by atoms with Gasteiger partial charge in [0.25, 0.3) is 0 Å². The van der Waals surface area contributed by atoms with E-state index in [4.69, 9.17) is 4.79 Å². The van der Waals surface area contributed by atoms with E-state index in [0.717, 1.165) is 6.08 Å². The van der Waals surface area contributed by atoms with E-state index < -0.39 is 0 Å². The summed E-state index contributed by atoms with van der Waals surface area (Å²) in [5.74, 6) is 0. The van der Waals surface area contributed by atoms with Crippen molar-refractivity contribution in [1.82, 2.24) is 0 Å². The van der Waals surface area contributed by atoms with Crippen LogP contribution in [-0.4, -0.2) is 6.29 Å². The summed E-state index contributed by atoms with van der Waals surface area (Å²) >= 11 is 0. The van der Waals surface area contributed by atoms with Crippen molar-refractivity contribution in [2.24, 2.45) is 0 Å². The second-order valence-corrected chi connectivity index (χ2v) is 0.322. The Morgan fingerprint density at radius 1 is 1.57 bits per heavy atom. The number of rotatable bonds is 1. The van der Waals surface area contributed by atoms with Crippen LogP contribution in [0.15, 0.2) is 12.7 Å². The Morgan fingerprint density at radius 2 is 1.71 bits per heavy atom. The Kier molecular flexibility index (Phi) is 95.4. The predicted molar refractivity (Wildman–Crippen MR) is 15.9 cm³/mol. The third kappa shape index (κ3) is 41.9. The molecule has 0 spiro atoms. The third-order valence-electron chi connectivity index (χ3n) is 0.0833. The first-order chi connectivity index (χ1) is 1.91. The Labute approximate surface area is 77.6 Å². The normalized spacial score (nSPS) is 2.86. The molecular weight excluding hydrogens is 269 g/mol. The van der Waals surface area contributed by atoms with Crippen LogP contribution >= 0.6 is 0 Å². The molecule has 48 valence electrons. The molecule has 4 heteroatoms. The number of hydrogen-bond donors (Lipinski definition) is 0. The van der Waals surface area contributed by atoms with Crippen molar-refractivity contribution in [3.8, 4) is 0 Å². The van der Waals surface area contributed by atoms with Gasteiger partial charge in [0.2, 0.25) is 0 Å². The fraction of sp³-hybridized carbons (Fsp3) is 0. The molecule has 0 aliphatic heterocycles. The van der Waals surface area contributed by atoms with Crippen LogP contribution < -0.4 is 0 Å². The van der Waals surface area contributed by atoms with Crippen LogP contribution in [-0.2, 0) is 59.1 Å². The molecule has 0 radical (unpaired) electrons. The molecule has 0 fully saturated rings. The van der Waals surface area contributed by atoms with E-state index in [1.165, 1.54) is 6.29 Å². The average Bonchev–Trinajstić information content (AvgIpc) is 1.37. The largest absolute Gasteiger partial charge is 0.419 e. The summed E-state index contributed by atoms with van der Waals surface area (Å²) < 4.78 is 0. The van der Waals surface area contributed by atoms with Crippen LogP contribution in [0.3, 0.4) is 0 Å². The predicted octanol–water partition coefficient (Wildman–Crippen LogP) is 0.275.